The molecular weight excluding hydrogens is 362 g/mol. The molecule has 0 bridgehead atoms. The van der Waals surface area contributed by atoms with Crippen molar-refractivity contribution in [2.45, 2.75) is 30.6 Å². The first-order valence-corrected chi connectivity index (χ1v) is 11.0. The zero-order valence-electron chi connectivity index (χ0n) is 11.1. The van der Waals surface area contributed by atoms with Gasteiger partial charge in [-0.3, -0.25) is 0 Å². The minimum Gasteiger partial charge on any atom is -1.00 e. The molecule has 0 fully saturated rings. The Morgan fingerprint density at radius 3 is 2.44 bits per heavy atom. The maximum absolute atomic E-state index is 6.06. The third-order valence-corrected chi connectivity index (χ3v) is 10.5. The number of allylic oxidation sites excluding steroid dienone is 1. The molecule has 5 heteroatoms. The molecule has 1 aliphatic carbocycles. The molecule has 1 aromatic carbocycles. The zero-order chi connectivity index (χ0) is 11.7. The summed E-state index contributed by atoms with van der Waals surface area (Å²) in [7, 11) is -0.832. The summed E-state index contributed by atoms with van der Waals surface area (Å²) in [6.45, 7) is 9.00. The summed E-state index contributed by atoms with van der Waals surface area (Å²) in [6.07, 6.45) is 2.36. The molecule has 0 saturated carbocycles. The van der Waals surface area contributed by atoms with E-state index < -0.39 is 32.7 Å². The van der Waals surface area contributed by atoms with Crippen LogP contribution in [0.15, 0.2) is 23.8 Å². The van der Waals surface area contributed by atoms with Gasteiger partial charge in [-0.15, -0.1) is 0 Å². The van der Waals surface area contributed by atoms with Gasteiger partial charge in [0.2, 0.25) is 0 Å². The summed E-state index contributed by atoms with van der Waals surface area (Å²) in [5.74, 6) is 0. The summed E-state index contributed by atoms with van der Waals surface area (Å²) < 4.78 is 6.72. The van der Waals surface area contributed by atoms with Crippen LogP contribution in [0.1, 0.15) is 27.2 Å². The van der Waals surface area contributed by atoms with Crippen molar-refractivity contribution in [3.8, 4) is 0 Å². The van der Waals surface area contributed by atoms with Crippen LogP contribution in [0.4, 0.5) is 0 Å². The molecule has 1 unspecified atom stereocenters. The van der Waals surface area contributed by atoms with E-state index in [0.717, 1.165) is 0 Å². The van der Waals surface area contributed by atoms with Crippen LogP contribution in [0, 0.1) is 6.92 Å². The number of hydrogen-bond donors (Lipinski definition) is 0. The molecule has 0 saturated heterocycles. The Labute approximate surface area is 136 Å². The predicted molar refractivity (Wildman–Crippen MR) is 67.5 cm³/mol. The Morgan fingerprint density at radius 2 is 1.83 bits per heavy atom. The molecule has 1 atom stereocenters. The number of hydrogen-bond acceptors (Lipinski definition) is 1. The van der Waals surface area contributed by atoms with Crippen molar-refractivity contribution in [1.82, 2.24) is 0 Å². The second kappa shape index (κ2) is 8.01. The molecule has 1 nitrogen and oxygen atoms in total. The maximum atomic E-state index is 6.06. The molecule has 0 radical (unpaired) electrons. The van der Waals surface area contributed by atoms with E-state index in [9.17, 15) is 0 Å². The molecule has 1 aromatic rings. The van der Waals surface area contributed by atoms with E-state index in [1.54, 1.807) is 0 Å². The van der Waals surface area contributed by atoms with Gasteiger partial charge in [-0.1, -0.05) is 0 Å². The van der Waals surface area contributed by atoms with Crippen LogP contribution in [0.3, 0.4) is 0 Å². The fraction of sp³-hybridized carbons (Fsp3) is 0.385. The average Bonchev–Trinajstić information content (AvgIpc) is 2.53. The van der Waals surface area contributed by atoms with E-state index in [0.29, 0.717) is 3.63 Å². The first kappa shape index (κ1) is 18.6. The first-order chi connectivity index (χ1) is 7.59. The van der Waals surface area contributed by atoms with E-state index in [-0.39, 0.29) is 24.8 Å². The van der Waals surface area contributed by atoms with E-state index in [1.165, 1.54) is 22.3 Å². The first-order valence-electron chi connectivity index (χ1n) is 5.78. The van der Waals surface area contributed by atoms with Crippen molar-refractivity contribution in [1.29, 1.82) is 0 Å². The van der Waals surface area contributed by atoms with Gasteiger partial charge in [0.1, 0.15) is 0 Å². The molecule has 1 aliphatic rings. The molecule has 0 heterocycles. The van der Waals surface area contributed by atoms with Crippen LogP contribution in [0.25, 0.3) is 6.08 Å². The summed E-state index contributed by atoms with van der Waals surface area (Å²) in [5.41, 5.74) is 5.91. The monoisotopic (exact) mass is 378 g/mol. The van der Waals surface area contributed by atoms with Crippen LogP contribution in [-0.4, -0.2) is 9.04 Å². The van der Waals surface area contributed by atoms with Crippen molar-refractivity contribution in [2.24, 2.45) is 0 Å². The topological polar surface area (TPSA) is 9.23 Å². The van der Waals surface area contributed by atoms with Gasteiger partial charge >= 0.3 is 112 Å². The number of rotatable bonds is 3. The second-order valence-corrected chi connectivity index (χ2v) is 10.8. The van der Waals surface area contributed by atoms with E-state index in [4.69, 9.17) is 2.50 Å². The van der Waals surface area contributed by atoms with Crippen molar-refractivity contribution in [3.05, 3.63) is 40.5 Å². The van der Waals surface area contributed by atoms with Gasteiger partial charge in [-0.05, 0) is 0 Å². The van der Waals surface area contributed by atoms with Crippen LogP contribution in [0.5, 0.6) is 0 Å². The third-order valence-electron chi connectivity index (χ3n) is 2.92. The molecule has 98 valence electrons. The summed E-state index contributed by atoms with van der Waals surface area (Å²) >= 11 is -0.730. The fourth-order valence-electron chi connectivity index (χ4n) is 2.07. The van der Waals surface area contributed by atoms with Gasteiger partial charge in [0, 0.05) is 0 Å². The molecular formula is C13H18Cl2OSiZr. The van der Waals surface area contributed by atoms with E-state index >= 15 is 0 Å². The molecule has 18 heavy (non-hydrogen) atoms. The number of benzene rings is 1. The fourth-order valence-corrected chi connectivity index (χ4v) is 7.08. The molecule has 0 aliphatic heterocycles. The van der Waals surface area contributed by atoms with Gasteiger partial charge in [0.25, 0.3) is 0 Å². The van der Waals surface area contributed by atoms with E-state index in [1.807, 2.05) is 0 Å². The largest absolute Gasteiger partial charge is 1.00 e. The molecule has 0 amide bonds. The SMILES string of the molecule is CC1=Cc2c(C)cccc2[CH]1[Zr+2][O][SiH](C)C.[Cl-].[Cl-]. The smallest absolute Gasteiger partial charge is 1.00 e. The van der Waals surface area contributed by atoms with Gasteiger partial charge < -0.3 is 24.8 Å². The predicted octanol–water partition coefficient (Wildman–Crippen LogP) is -2.54. The molecule has 2 rings (SSSR count). The van der Waals surface area contributed by atoms with Crippen molar-refractivity contribution >= 4 is 15.1 Å². The van der Waals surface area contributed by atoms with Crippen molar-refractivity contribution in [2.75, 3.05) is 0 Å². The quantitative estimate of drug-likeness (QED) is 0.525. The summed E-state index contributed by atoms with van der Waals surface area (Å²) in [4.78, 5) is 0. The Morgan fingerprint density at radius 1 is 1.17 bits per heavy atom. The second-order valence-electron chi connectivity index (χ2n) is 4.68. The average molecular weight is 381 g/mol. The number of fused-ring (bicyclic) bond motifs is 1. The molecule has 0 N–H and O–H groups in total. The summed E-state index contributed by atoms with van der Waals surface area (Å²) in [5, 5.41) is 0. The Hall–Kier alpha value is 0.600. The molecule has 0 aromatic heterocycles. The number of aryl methyl sites for hydroxylation is 1. The molecule has 0 spiro atoms. The van der Waals surface area contributed by atoms with Crippen molar-refractivity contribution < 1.29 is 51.0 Å². The Bertz CT molecular complexity index is 435. The van der Waals surface area contributed by atoms with Gasteiger partial charge in [-0.2, -0.15) is 0 Å². The third kappa shape index (κ3) is 4.05. The Balaban J connectivity index is 0.00000144. The minimum atomic E-state index is -0.832. The summed E-state index contributed by atoms with van der Waals surface area (Å²) in [6, 6.07) is 6.67. The minimum absolute atomic E-state index is 0. The number of halogens is 2. The zero-order valence-corrected chi connectivity index (χ0v) is 16.3. The van der Waals surface area contributed by atoms with E-state index in [2.05, 4.69) is 51.2 Å². The van der Waals surface area contributed by atoms with Crippen LogP contribution < -0.4 is 24.8 Å². The normalized spacial score (nSPS) is 16.3. The standard InChI is InChI=1S/C11H11.C2H7OSi.2ClH.Zr/c1-8-6-10-5-3-4-9(2)11(10)7-8;1-4(2)3;;;/h3-7H,1-2H3;4H,1-2H3;2*1H;/q;-1;;;+3/p-2. The van der Waals surface area contributed by atoms with Crippen LogP contribution >= 0.6 is 0 Å². The maximum Gasteiger partial charge on any atom is -1.00 e. The van der Waals surface area contributed by atoms with Crippen molar-refractivity contribution in [3.63, 3.8) is 0 Å². The van der Waals surface area contributed by atoms with Crippen LogP contribution in [-0.2, 0) is 26.2 Å². The Kier molecular flexibility index (Phi) is 8.28. The van der Waals surface area contributed by atoms with Gasteiger partial charge in [0.15, 0.2) is 0 Å². The van der Waals surface area contributed by atoms with Gasteiger partial charge in [-0.25, -0.2) is 0 Å². The van der Waals surface area contributed by atoms with Crippen LogP contribution in [0.2, 0.25) is 13.1 Å². The van der Waals surface area contributed by atoms with Gasteiger partial charge in [0.05, 0.1) is 0 Å².